The molecule has 0 aromatic rings. The predicted octanol–water partition coefficient (Wildman–Crippen LogP) is 1.73. The summed E-state index contributed by atoms with van der Waals surface area (Å²) in [5, 5.41) is 11.1. The Kier molecular flexibility index (Phi) is 3.43. The fourth-order valence-corrected chi connectivity index (χ4v) is 2.39. The first-order chi connectivity index (χ1) is 8.40. The molecule has 0 saturated carbocycles. The van der Waals surface area contributed by atoms with E-state index in [4.69, 9.17) is 9.84 Å². The van der Waals surface area contributed by atoms with Crippen molar-refractivity contribution in [1.82, 2.24) is 5.32 Å². The van der Waals surface area contributed by atoms with Crippen LogP contribution in [0.1, 0.15) is 33.1 Å². The summed E-state index contributed by atoms with van der Waals surface area (Å²) in [6, 6.07) is -0.688. The maximum atomic E-state index is 12.2. The first kappa shape index (κ1) is 13.1. The number of hydrogen-bond donors (Lipinski definition) is 2. The first-order valence-corrected chi connectivity index (χ1v) is 6.28. The number of Topliss-reactive ketones (excluding diaryl/α,β-unsaturated/α-hetero) is 1. The van der Waals surface area contributed by atoms with Gasteiger partial charge < -0.3 is 15.2 Å². The van der Waals surface area contributed by atoms with Crippen molar-refractivity contribution in [2.75, 3.05) is 6.61 Å². The summed E-state index contributed by atoms with van der Waals surface area (Å²) in [6.07, 6.45) is 3.47. The SMILES string of the molecule is CC1C=C(C[C@H](NC(=O)O)C(=O)[C@@]2(C)CO2)CC1. The molecule has 5 heteroatoms. The number of ether oxygens (including phenoxy) is 1. The lowest BCUT2D eigenvalue weighted by Crippen LogP contribution is -2.45. The summed E-state index contributed by atoms with van der Waals surface area (Å²) in [4.78, 5) is 22.9. The molecule has 1 unspecified atom stereocenters. The second-order valence-corrected chi connectivity index (χ2v) is 5.43. The van der Waals surface area contributed by atoms with Crippen LogP contribution in [0, 0.1) is 5.92 Å². The summed E-state index contributed by atoms with van der Waals surface area (Å²) >= 11 is 0. The molecule has 2 N–H and O–H groups in total. The third-order valence-electron chi connectivity index (χ3n) is 3.62. The number of carbonyl (C=O) groups is 2. The molecular formula is C13H19NO4. The smallest absolute Gasteiger partial charge is 0.405 e. The minimum absolute atomic E-state index is 0.162. The van der Waals surface area contributed by atoms with Crippen molar-refractivity contribution in [3.63, 3.8) is 0 Å². The Morgan fingerprint density at radius 1 is 1.67 bits per heavy atom. The Hall–Kier alpha value is -1.36. The minimum Gasteiger partial charge on any atom is -0.465 e. The van der Waals surface area contributed by atoms with E-state index in [1.54, 1.807) is 6.92 Å². The van der Waals surface area contributed by atoms with E-state index in [9.17, 15) is 9.59 Å². The Morgan fingerprint density at radius 2 is 2.33 bits per heavy atom. The molecule has 0 aromatic carbocycles. The van der Waals surface area contributed by atoms with Crippen LogP contribution < -0.4 is 5.32 Å². The number of carboxylic acid groups (broad SMARTS) is 1. The van der Waals surface area contributed by atoms with Gasteiger partial charge in [-0.3, -0.25) is 4.79 Å². The summed E-state index contributed by atoms with van der Waals surface area (Å²) in [6.45, 7) is 4.22. The van der Waals surface area contributed by atoms with Crippen LogP contribution in [-0.2, 0) is 9.53 Å². The Morgan fingerprint density at radius 3 is 2.78 bits per heavy atom. The van der Waals surface area contributed by atoms with Gasteiger partial charge in [0.2, 0.25) is 0 Å². The van der Waals surface area contributed by atoms with Crippen LogP contribution in [0.3, 0.4) is 0 Å². The van der Waals surface area contributed by atoms with Crippen LogP contribution in [0.15, 0.2) is 11.6 Å². The highest BCUT2D eigenvalue weighted by Crippen LogP contribution is 2.32. The summed E-state index contributed by atoms with van der Waals surface area (Å²) < 4.78 is 5.10. The van der Waals surface area contributed by atoms with Gasteiger partial charge >= 0.3 is 6.09 Å². The number of carbonyl (C=O) groups excluding carboxylic acids is 1. The van der Waals surface area contributed by atoms with Crippen molar-refractivity contribution in [2.24, 2.45) is 5.92 Å². The third kappa shape index (κ3) is 2.90. The van der Waals surface area contributed by atoms with Gasteiger partial charge in [-0.2, -0.15) is 0 Å². The van der Waals surface area contributed by atoms with E-state index in [1.165, 1.54) is 5.57 Å². The van der Waals surface area contributed by atoms with Crippen molar-refractivity contribution >= 4 is 11.9 Å². The van der Waals surface area contributed by atoms with E-state index in [0.29, 0.717) is 18.9 Å². The van der Waals surface area contributed by atoms with Crippen LogP contribution >= 0.6 is 0 Å². The molecule has 18 heavy (non-hydrogen) atoms. The normalized spacial score (nSPS) is 31.7. The molecule has 1 aliphatic carbocycles. The monoisotopic (exact) mass is 253 g/mol. The Bertz CT molecular complexity index is 398. The lowest BCUT2D eigenvalue weighted by atomic mass is 9.95. The Balaban J connectivity index is 2.03. The highest BCUT2D eigenvalue weighted by molar-refractivity contribution is 5.95. The van der Waals surface area contributed by atoms with Gasteiger partial charge in [0.25, 0.3) is 0 Å². The van der Waals surface area contributed by atoms with E-state index < -0.39 is 17.7 Å². The molecular weight excluding hydrogens is 234 g/mol. The maximum Gasteiger partial charge on any atom is 0.405 e. The van der Waals surface area contributed by atoms with Gasteiger partial charge in [-0.05, 0) is 32.1 Å². The number of rotatable bonds is 5. The molecule has 5 nitrogen and oxygen atoms in total. The molecule has 2 aliphatic rings. The lowest BCUT2D eigenvalue weighted by Gasteiger charge is -2.18. The van der Waals surface area contributed by atoms with Crippen molar-refractivity contribution in [2.45, 2.75) is 44.8 Å². The van der Waals surface area contributed by atoms with Gasteiger partial charge in [-0.1, -0.05) is 18.6 Å². The molecule has 3 atom stereocenters. The van der Waals surface area contributed by atoms with Crippen LogP contribution in [0.25, 0.3) is 0 Å². The lowest BCUT2D eigenvalue weighted by molar-refractivity contribution is -0.125. The quantitative estimate of drug-likeness (QED) is 0.577. The van der Waals surface area contributed by atoms with Crippen molar-refractivity contribution in [3.05, 3.63) is 11.6 Å². The van der Waals surface area contributed by atoms with Gasteiger partial charge in [-0.15, -0.1) is 0 Å². The number of hydrogen-bond acceptors (Lipinski definition) is 3. The van der Waals surface area contributed by atoms with Gasteiger partial charge in [0.1, 0.15) is 5.60 Å². The zero-order valence-corrected chi connectivity index (χ0v) is 10.7. The van der Waals surface area contributed by atoms with Crippen LogP contribution in [0.2, 0.25) is 0 Å². The standard InChI is InChI=1S/C13H19NO4/c1-8-3-4-9(5-8)6-10(14-12(16)17)11(15)13(2)7-18-13/h5,8,10,14H,3-4,6-7H2,1-2H3,(H,16,17)/t8?,10-,13+/m0/s1. The number of ketones is 1. The molecule has 0 spiro atoms. The average molecular weight is 253 g/mol. The van der Waals surface area contributed by atoms with E-state index in [2.05, 4.69) is 18.3 Å². The Labute approximate surface area is 106 Å². The van der Waals surface area contributed by atoms with E-state index in [0.717, 1.165) is 12.8 Å². The second kappa shape index (κ2) is 4.72. The minimum atomic E-state index is -1.16. The molecule has 1 heterocycles. The maximum absolute atomic E-state index is 12.2. The molecule has 0 aromatic heterocycles. The molecule has 1 fully saturated rings. The predicted molar refractivity (Wildman–Crippen MR) is 65.4 cm³/mol. The molecule has 2 rings (SSSR count). The summed E-state index contributed by atoms with van der Waals surface area (Å²) in [7, 11) is 0. The highest BCUT2D eigenvalue weighted by Gasteiger charge is 2.50. The molecule has 1 saturated heterocycles. The van der Waals surface area contributed by atoms with Crippen LogP contribution in [0.4, 0.5) is 4.79 Å². The fraction of sp³-hybridized carbons (Fsp3) is 0.692. The van der Waals surface area contributed by atoms with Gasteiger partial charge in [0.15, 0.2) is 5.78 Å². The van der Waals surface area contributed by atoms with Crippen LogP contribution in [0.5, 0.6) is 0 Å². The van der Waals surface area contributed by atoms with Crippen molar-refractivity contribution < 1.29 is 19.4 Å². The van der Waals surface area contributed by atoms with Gasteiger partial charge in [0.05, 0.1) is 12.6 Å². The third-order valence-corrected chi connectivity index (χ3v) is 3.62. The van der Waals surface area contributed by atoms with Crippen molar-refractivity contribution in [1.29, 1.82) is 0 Å². The number of allylic oxidation sites excluding steroid dienone is 1. The topological polar surface area (TPSA) is 78.9 Å². The number of nitrogens with one attached hydrogen (secondary N) is 1. The van der Waals surface area contributed by atoms with Gasteiger partial charge in [0, 0.05) is 0 Å². The van der Waals surface area contributed by atoms with Crippen molar-refractivity contribution in [3.8, 4) is 0 Å². The average Bonchev–Trinajstić information content (AvgIpc) is 2.90. The molecule has 1 amide bonds. The zero-order chi connectivity index (χ0) is 13.3. The van der Waals surface area contributed by atoms with E-state index >= 15 is 0 Å². The van der Waals surface area contributed by atoms with E-state index in [1.807, 2.05) is 0 Å². The number of epoxide rings is 1. The molecule has 0 radical (unpaired) electrons. The van der Waals surface area contributed by atoms with E-state index in [-0.39, 0.29) is 5.78 Å². The summed E-state index contributed by atoms with van der Waals surface area (Å²) in [5.74, 6) is 0.360. The van der Waals surface area contributed by atoms with Gasteiger partial charge in [-0.25, -0.2) is 4.79 Å². The first-order valence-electron chi connectivity index (χ1n) is 6.28. The number of amides is 1. The fourth-order valence-electron chi connectivity index (χ4n) is 2.39. The highest BCUT2D eigenvalue weighted by atomic mass is 16.6. The summed E-state index contributed by atoms with van der Waals surface area (Å²) in [5.41, 5.74) is 0.386. The zero-order valence-electron chi connectivity index (χ0n) is 10.7. The molecule has 0 bridgehead atoms. The van der Waals surface area contributed by atoms with Crippen LogP contribution in [-0.4, -0.2) is 35.2 Å². The molecule has 1 aliphatic heterocycles. The molecule has 100 valence electrons. The largest absolute Gasteiger partial charge is 0.465 e. The second-order valence-electron chi connectivity index (χ2n) is 5.43.